The Hall–Kier alpha value is -1.55. The van der Waals surface area contributed by atoms with Gasteiger partial charge in [0.1, 0.15) is 10.7 Å². The highest BCUT2D eigenvalue weighted by atomic mass is 35.5. The molecule has 0 radical (unpaired) electrons. The van der Waals surface area contributed by atoms with Crippen LogP contribution in [0.3, 0.4) is 0 Å². The molecule has 0 saturated heterocycles. The first kappa shape index (κ1) is 23.7. The van der Waals surface area contributed by atoms with Gasteiger partial charge in [-0.15, -0.1) is 0 Å². The summed E-state index contributed by atoms with van der Waals surface area (Å²) in [4.78, 5) is 25.1. The van der Waals surface area contributed by atoms with Crippen molar-refractivity contribution < 1.29 is 27.4 Å². The molecule has 0 spiro atoms. The molecule has 29 heavy (non-hydrogen) atoms. The first-order valence-electron chi connectivity index (χ1n) is 9.50. The second kappa shape index (κ2) is 9.97. The molecular formula is C20H30ClN2O5Si+. The van der Waals surface area contributed by atoms with Gasteiger partial charge >= 0.3 is 8.80 Å². The van der Waals surface area contributed by atoms with Gasteiger partial charge in [0.15, 0.2) is 0 Å². The number of hydrogen-bond donors (Lipinski definition) is 1. The molecule has 0 amide bonds. The molecule has 0 saturated carbocycles. The molecule has 1 N–H and O–H groups in total. The van der Waals surface area contributed by atoms with Crippen molar-refractivity contribution in [3.05, 3.63) is 46.1 Å². The number of rotatable bonds is 11. The zero-order valence-corrected chi connectivity index (χ0v) is 19.5. The highest BCUT2D eigenvalue weighted by Crippen LogP contribution is 2.27. The Bertz CT molecular complexity index is 785. The van der Waals surface area contributed by atoms with E-state index in [0.717, 1.165) is 30.0 Å². The number of halogens is 1. The van der Waals surface area contributed by atoms with Gasteiger partial charge < -0.3 is 23.1 Å². The summed E-state index contributed by atoms with van der Waals surface area (Å²) in [6.45, 7) is 2.15. The van der Waals surface area contributed by atoms with Crippen molar-refractivity contribution >= 4 is 32.0 Å². The van der Waals surface area contributed by atoms with Crippen molar-refractivity contribution in [2.75, 3.05) is 55.1 Å². The molecule has 0 unspecified atom stereocenters. The second-order valence-corrected chi connectivity index (χ2v) is 11.1. The van der Waals surface area contributed by atoms with Gasteiger partial charge in [-0.3, -0.25) is 9.59 Å². The monoisotopic (exact) mass is 441 g/mol. The second-order valence-electron chi connectivity index (χ2n) is 7.60. The lowest BCUT2D eigenvalue weighted by atomic mass is 9.92. The summed E-state index contributed by atoms with van der Waals surface area (Å²) in [5, 5.41) is 3.04. The first-order valence-corrected chi connectivity index (χ1v) is 11.8. The number of quaternary nitrogens is 1. The molecule has 0 aliphatic heterocycles. The summed E-state index contributed by atoms with van der Waals surface area (Å²) in [6.07, 6.45) is 0.878. The number of nitrogens with zero attached hydrogens (tertiary/aromatic N) is 1. The lowest BCUT2D eigenvalue weighted by molar-refractivity contribution is -0.889. The lowest BCUT2D eigenvalue weighted by Gasteiger charge is -2.32. The average molecular weight is 442 g/mol. The van der Waals surface area contributed by atoms with Crippen molar-refractivity contribution in [1.29, 1.82) is 0 Å². The number of likely N-dealkylation sites (N-methyl/N-ethyl adjacent to an activating group) is 1. The Kier molecular flexibility index (Phi) is 8.16. The third-order valence-electron chi connectivity index (χ3n) is 5.26. The molecular weight excluding hydrogens is 412 g/mol. The largest absolute Gasteiger partial charge is 0.500 e. The van der Waals surface area contributed by atoms with Crippen LogP contribution in [0, 0.1) is 0 Å². The Morgan fingerprint density at radius 2 is 1.52 bits per heavy atom. The molecule has 7 nitrogen and oxygen atoms in total. The maximum absolute atomic E-state index is 12.7. The predicted octanol–water partition coefficient (Wildman–Crippen LogP) is 2.45. The van der Waals surface area contributed by atoms with Crippen molar-refractivity contribution in [1.82, 2.24) is 5.32 Å². The minimum atomic E-state index is -2.57. The van der Waals surface area contributed by atoms with E-state index in [4.69, 9.17) is 24.9 Å². The fourth-order valence-corrected chi connectivity index (χ4v) is 5.34. The molecule has 0 atom stereocenters. The SMILES string of the molecule is CO[Si](CCC[N+](C)(C)CCNC1=C(Cl)C(=O)c2ccccc2C1=O)(OC)OC. The molecule has 2 rings (SSSR count). The molecule has 160 valence electrons. The number of fused-ring (bicyclic) bond motifs is 1. The maximum Gasteiger partial charge on any atom is 0.500 e. The summed E-state index contributed by atoms with van der Waals surface area (Å²) in [7, 11) is 6.48. The first-order chi connectivity index (χ1) is 13.7. The third-order valence-corrected chi connectivity index (χ3v) is 8.45. The van der Waals surface area contributed by atoms with Crippen LogP contribution in [0.2, 0.25) is 6.04 Å². The Labute approximate surface area is 178 Å². The third kappa shape index (κ3) is 5.53. The number of Topliss-reactive ketones (excluding diaryl/α,β-unsaturated/α-hetero) is 2. The molecule has 0 bridgehead atoms. The van der Waals surface area contributed by atoms with Crippen molar-refractivity contribution in [3.8, 4) is 0 Å². The van der Waals surface area contributed by atoms with E-state index in [1.807, 2.05) is 0 Å². The van der Waals surface area contributed by atoms with Gasteiger partial charge in [-0.1, -0.05) is 35.9 Å². The van der Waals surface area contributed by atoms with E-state index in [1.54, 1.807) is 45.6 Å². The van der Waals surface area contributed by atoms with Crippen LogP contribution >= 0.6 is 11.6 Å². The van der Waals surface area contributed by atoms with Crippen LogP contribution in [0.4, 0.5) is 0 Å². The van der Waals surface area contributed by atoms with E-state index in [9.17, 15) is 9.59 Å². The molecule has 1 aromatic rings. The molecule has 1 aliphatic rings. The number of hydrogen-bond acceptors (Lipinski definition) is 6. The minimum absolute atomic E-state index is 0.0462. The summed E-state index contributed by atoms with van der Waals surface area (Å²) < 4.78 is 17.1. The summed E-state index contributed by atoms with van der Waals surface area (Å²) in [5.41, 5.74) is 0.921. The van der Waals surface area contributed by atoms with E-state index >= 15 is 0 Å². The summed E-state index contributed by atoms with van der Waals surface area (Å²) in [6, 6.07) is 7.47. The van der Waals surface area contributed by atoms with E-state index in [1.165, 1.54) is 0 Å². The van der Waals surface area contributed by atoms with Crippen molar-refractivity contribution in [2.24, 2.45) is 0 Å². The van der Waals surface area contributed by atoms with Crippen molar-refractivity contribution in [2.45, 2.75) is 12.5 Å². The number of carbonyl (C=O) groups excluding carboxylic acids is 2. The van der Waals surface area contributed by atoms with Crippen LogP contribution in [0.5, 0.6) is 0 Å². The average Bonchev–Trinajstić information content (AvgIpc) is 2.72. The number of nitrogens with one attached hydrogen (secondary N) is 1. The zero-order valence-electron chi connectivity index (χ0n) is 17.7. The summed E-state index contributed by atoms with van der Waals surface area (Å²) in [5.74, 6) is -0.565. The van der Waals surface area contributed by atoms with Crippen LogP contribution < -0.4 is 5.32 Å². The maximum atomic E-state index is 12.7. The highest BCUT2D eigenvalue weighted by molar-refractivity contribution is 6.60. The van der Waals surface area contributed by atoms with Crippen LogP contribution in [0.25, 0.3) is 0 Å². The number of benzene rings is 1. The smallest absolute Gasteiger partial charge is 0.377 e. The standard InChI is InChI=1S/C20H29ClN2O5Si/c1-23(2,12-8-14-29(26-3,27-4)28-5)13-11-22-18-17(21)19(24)15-9-6-7-10-16(15)20(18)25/h6-7,9-10H,8,11-14H2,1-5H3/p+1. The van der Waals surface area contributed by atoms with Gasteiger partial charge in [-0.05, 0) is 0 Å². The quantitative estimate of drug-likeness (QED) is 0.420. The molecule has 1 aliphatic carbocycles. The molecule has 0 aromatic heterocycles. The van der Waals surface area contributed by atoms with Gasteiger partial charge in [0.05, 0.1) is 33.7 Å². The van der Waals surface area contributed by atoms with Gasteiger partial charge in [-0.25, -0.2) is 0 Å². The van der Waals surface area contributed by atoms with E-state index < -0.39 is 8.80 Å². The van der Waals surface area contributed by atoms with Gasteiger partial charge in [0.25, 0.3) is 0 Å². The lowest BCUT2D eigenvalue weighted by Crippen LogP contribution is -2.47. The van der Waals surface area contributed by atoms with E-state index in [-0.39, 0.29) is 22.3 Å². The van der Waals surface area contributed by atoms with E-state index in [2.05, 4.69) is 19.4 Å². The Balaban J connectivity index is 1.92. The molecule has 0 heterocycles. The number of carbonyl (C=O) groups is 2. The fraction of sp³-hybridized carbons (Fsp3) is 0.500. The van der Waals surface area contributed by atoms with Gasteiger partial charge in [0.2, 0.25) is 11.6 Å². The Morgan fingerprint density at radius 3 is 2.07 bits per heavy atom. The van der Waals surface area contributed by atoms with Crippen molar-refractivity contribution in [3.63, 3.8) is 0 Å². The molecule has 0 fully saturated rings. The normalized spacial score (nSPS) is 15.0. The topological polar surface area (TPSA) is 73.9 Å². The van der Waals surface area contributed by atoms with Gasteiger partial charge in [-0.2, -0.15) is 0 Å². The number of ketones is 2. The highest BCUT2D eigenvalue weighted by Gasteiger charge is 2.38. The minimum Gasteiger partial charge on any atom is -0.377 e. The number of allylic oxidation sites excluding steroid dienone is 2. The van der Waals surface area contributed by atoms with Crippen LogP contribution in [0.15, 0.2) is 35.0 Å². The molecule has 1 aromatic carbocycles. The fourth-order valence-electron chi connectivity index (χ4n) is 3.38. The zero-order chi connectivity index (χ0) is 21.7. The Morgan fingerprint density at radius 1 is 0.966 bits per heavy atom. The predicted molar refractivity (Wildman–Crippen MR) is 114 cm³/mol. The molecule has 9 heteroatoms. The van der Waals surface area contributed by atoms with Crippen LogP contribution in [0.1, 0.15) is 27.1 Å². The van der Waals surface area contributed by atoms with Gasteiger partial charge in [0, 0.05) is 44.9 Å². The van der Waals surface area contributed by atoms with Crippen LogP contribution in [-0.2, 0) is 13.3 Å². The van der Waals surface area contributed by atoms with Crippen LogP contribution in [-0.4, -0.2) is 79.9 Å². The van der Waals surface area contributed by atoms with E-state index in [0.29, 0.717) is 17.7 Å². The summed E-state index contributed by atoms with van der Waals surface area (Å²) >= 11 is 6.19.